The zero-order chi connectivity index (χ0) is 19.1. The van der Waals surface area contributed by atoms with Crippen molar-refractivity contribution in [1.29, 1.82) is 0 Å². The molecule has 4 aliphatic rings. The predicted octanol–water partition coefficient (Wildman–Crippen LogP) is 5.67. The van der Waals surface area contributed by atoms with Gasteiger partial charge in [0, 0.05) is 11.7 Å². The Labute approximate surface area is 170 Å². The Hall–Kier alpha value is -1.35. The van der Waals surface area contributed by atoms with Crippen molar-refractivity contribution in [2.24, 2.45) is 11.8 Å². The number of rotatable bonds is 3. The zero-order valence-corrected chi connectivity index (χ0v) is 17.5. The molecule has 1 N–H and O–H groups in total. The average Bonchev–Trinajstić information content (AvgIpc) is 3.07. The predicted molar refractivity (Wildman–Crippen MR) is 115 cm³/mol. The maximum Gasteiger partial charge on any atom is 0.231 e. The summed E-state index contributed by atoms with van der Waals surface area (Å²) in [6, 6.07) is 7.64. The van der Waals surface area contributed by atoms with Crippen molar-refractivity contribution < 1.29 is 4.79 Å². The van der Waals surface area contributed by atoms with E-state index in [1.54, 1.807) is 0 Å². The maximum absolute atomic E-state index is 12.2. The first-order valence-corrected chi connectivity index (χ1v) is 11.9. The summed E-state index contributed by atoms with van der Waals surface area (Å²) >= 11 is 0. The fraction of sp³-hybridized carbons (Fsp3) is 0.720. The molecule has 2 saturated carbocycles. The summed E-state index contributed by atoms with van der Waals surface area (Å²) in [4.78, 5) is 15.0. The Morgan fingerprint density at radius 2 is 1.79 bits per heavy atom. The number of amides is 1. The van der Waals surface area contributed by atoms with Crippen molar-refractivity contribution in [3.63, 3.8) is 0 Å². The summed E-state index contributed by atoms with van der Waals surface area (Å²) in [7, 11) is 0. The third-order valence-electron chi connectivity index (χ3n) is 8.46. The van der Waals surface area contributed by atoms with Gasteiger partial charge in [-0.2, -0.15) is 0 Å². The second-order valence-electron chi connectivity index (χ2n) is 9.88. The highest BCUT2D eigenvalue weighted by atomic mass is 16.2. The summed E-state index contributed by atoms with van der Waals surface area (Å²) < 4.78 is 0. The van der Waals surface area contributed by atoms with Crippen LogP contribution in [0, 0.1) is 11.8 Å². The molecule has 2 aliphatic carbocycles. The van der Waals surface area contributed by atoms with Crippen molar-refractivity contribution in [3.05, 3.63) is 29.3 Å². The van der Waals surface area contributed by atoms with Crippen molar-refractivity contribution in [1.82, 2.24) is 4.90 Å². The number of piperidine rings is 1. The van der Waals surface area contributed by atoms with Crippen molar-refractivity contribution in [2.45, 2.75) is 89.0 Å². The van der Waals surface area contributed by atoms with Crippen LogP contribution in [0.25, 0.3) is 0 Å². The number of carbonyl (C=O) groups excluding carboxylic acids is 1. The molecular weight excluding hydrogens is 344 g/mol. The molecule has 4 unspecified atom stereocenters. The number of hydrogen-bond acceptors (Lipinski definition) is 2. The lowest BCUT2D eigenvalue weighted by atomic mass is 9.69. The number of carbonyl (C=O) groups is 1. The monoisotopic (exact) mass is 380 g/mol. The van der Waals surface area contributed by atoms with Crippen LogP contribution in [-0.4, -0.2) is 29.9 Å². The first-order chi connectivity index (χ1) is 13.7. The molecule has 3 fully saturated rings. The van der Waals surface area contributed by atoms with Gasteiger partial charge in [0.15, 0.2) is 0 Å². The van der Waals surface area contributed by atoms with Crippen LogP contribution in [0.1, 0.15) is 94.1 Å². The Morgan fingerprint density at radius 1 is 1.00 bits per heavy atom. The molecule has 0 bridgehead atoms. The number of fused-ring (bicyclic) bond motifs is 2. The highest BCUT2D eigenvalue weighted by Gasteiger charge is 2.36. The van der Waals surface area contributed by atoms with E-state index in [4.69, 9.17) is 0 Å². The SMILES string of the molecule is CCC1C(=O)Nc2cc(C3CCN(C4CCC5CCCCC5C4)CC3)ccc21. The molecule has 1 amide bonds. The minimum atomic E-state index is 0.0563. The first-order valence-electron chi connectivity index (χ1n) is 11.9. The smallest absolute Gasteiger partial charge is 0.231 e. The Kier molecular flexibility index (Phi) is 5.21. The fourth-order valence-corrected chi connectivity index (χ4v) is 6.78. The average molecular weight is 381 g/mol. The summed E-state index contributed by atoms with van der Waals surface area (Å²) in [5, 5.41) is 3.12. The van der Waals surface area contributed by atoms with E-state index >= 15 is 0 Å². The molecule has 1 aromatic rings. The van der Waals surface area contributed by atoms with Crippen molar-refractivity contribution >= 4 is 11.6 Å². The van der Waals surface area contributed by atoms with Gasteiger partial charge >= 0.3 is 0 Å². The minimum absolute atomic E-state index is 0.0563. The number of nitrogens with one attached hydrogen (secondary N) is 1. The van der Waals surface area contributed by atoms with Gasteiger partial charge in [-0.25, -0.2) is 0 Å². The van der Waals surface area contributed by atoms with E-state index in [0.717, 1.165) is 30.0 Å². The number of hydrogen-bond donors (Lipinski definition) is 1. The van der Waals surface area contributed by atoms with Gasteiger partial charge in [0.05, 0.1) is 5.92 Å². The Bertz CT molecular complexity index is 721. The summed E-state index contributed by atoms with van der Waals surface area (Å²) in [6.07, 6.45) is 13.8. The van der Waals surface area contributed by atoms with E-state index < -0.39 is 0 Å². The van der Waals surface area contributed by atoms with E-state index in [1.807, 2.05) is 0 Å². The summed E-state index contributed by atoms with van der Waals surface area (Å²) in [5.74, 6) is 2.97. The van der Waals surface area contributed by atoms with E-state index in [9.17, 15) is 4.79 Å². The lowest BCUT2D eigenvalue weighted by Crippen LogP contribution is -2.45. The second-order valence-corrected chi connectivity index (χ2v) is 9.88. The van der Waals surface area contributed by atoms with Crippen LogP contribution in [0.5, 0.6) is 0 Å². The largest absolute Gasteiger partial charge is 0.325 e. The first kappa shape index (κ1) is 18.7. The van der Waals surface area contributed by atoms with Crippen LogP contribution in [0.15, 0.2) is 18.2 Å². The van der Waals surface area contributed by atoms with Gasteiger partial charge in [0.2, 0.25) is 5.91 Å². The molecule has 28 heavy (non-hydrogen) atoms. The van der Waals surface area contributed by atoms with Gasteiger partial charge in [0.1, 0.15) is 0 Å². The second kappa shape index (κ2) is 7.82. The number of anilines is 1. The van der Waals surface area contributed by atoms with Crippen molar-refractivity contribution in [3.8, 4) is 0 Å². The summed E-state index contributed by atoms with van der Waals surface area (Å²) in [6.45, 7) is 4.62. The van der Waals surface area contributed by atoms with E-state index in [2.05, 4.69) is 35.3 Å². The van der Waals surface area contributed by atoms with Crippen LogP contribution in [-0.2, 0) is 4.79 Å². The molecule has 4 atom stereocenters. The molecule has 1 saturated heterocycles. The van der Waals surface area contributed by atoms with Crippen LogP contribution in [0.2, 0.25) is 0 Å². The molecule has 3 nitrogen and oxygen atoms in total. The number of benzene rings is 1. The molecular formula is C25H36N2O. The Balaban J connectivity index is 1.20. The summed E-state index contributed by atoms with van der Waals surface area (Å²) in [5.41, 5.74) is 3.72. The molecule has 152 valence electrons. The van der Waals surface area contributed by atoms with E-state index in [0.29, 0.717) is 5.92 Å². The molecule has 2 heterocycles. The van der Waals surface area contributed by atoms with Crippen LogP contribution < -0.4 is 5.32 Å². The third kappa shape index (κ3) is 3.40. The quantitative estimate of drug-likeness (QED) is 0.732. The van der Waals surface area contributed by atoms with Crippen LogP contribution in [0.3, 0.4) is 0 Å². The van der Waals surface area contributed by atoms with Gasteiger partial charge < -0.3 is 10.2 Å². The van der Waals surface area contributed by atoms with Crippen LogP contribution >= 0.6 is 0 Å². The number of likely N-dealkylation sites (tertiary alicyclic amines) is 1. The lowest BCUT2D eigenvalue weighted by molar-refractivity contribution is -0.117. The van der Waals surface area contributed by atoms with Gasteiger partial charge in [-0.15, -0.1) is 0 Å². The topological polar surface area (TPSA) is 32.3 Å². The molecule has 0 aromatic heterocycles. The van der Waals surface area contributed by atoms with Gasteiger partial charge in [0.25, 0.3) is 0 Å². The normalized spacial score (nSPS) is 34.0. The molecule has 0 radical (unpaired) electrons. The molecule has 3 heteroatoms. The molecule has 2 aliphatic heterocycles. The zero-order valence-electron chi connectivity index (χ0n) is 17.5. The maximum atomic E-state index is 12.2. The molecule has 0 spiro atoms. The van der Waals surface area contributed by atoms with Gasteiger partial charge in [-0.1, -0.05) is 44.7 Å². The minimum Gasteiger partial charge on any atom is -0.325 e. The van der Waals surface area contributed by atoms with E-state index in [1.165, 1.54) is 82.0 Å². The highest BCUT2D eigenvalue weighted by molar-refractivity contribution is 6.02. The Morgan fingerprint density at radius 3 is 2.57 bits per heavy atom. The lowest BCUT2D eigenvalue weighted by Gasteiger charge is -2.45. The van der Waals surface area contributed by atoms with Gasteiger partial charge in [-0.05, 0) is 86.6 Å². The molecule has 1 aromatic carbocycles. The van der Waals surface area contributed by atoms with Crippen molar-refractivity contribution in [2.75, 3.05) is 18.4 Å². The van der Waals surface area contributed by atoms with Crippen LogP contribution in [0.4, 0.5) is 5.69 Å². The fourth-order valence-electron chi connectivity index (χ4n) is 6.78. The van der Waals surface area contributed by atoms with E-state index in [-0.39, 0.29) is 11.8 Å². The third-order valence-corrected chi connectivity index (χ3v) is 8.46. The number of nitrogens with zero attached hydrogens (tertiary/aromatic N) is 1. The highest BCUT2D eigenvalue weighted by Crippen LogP contribution is 2.43. The van der Waals surface area contributed by atoms with Gasteiger partial charge in [-0.3, -0.25) is 4.79 Å². The molecule has 5 rings (SSSR count). The standard InChI is InChI=1S/C25H36N2O/c1-2-22-23-10-8-20(16-24(23)26-25(22)28)18-11-13-27(14-12-18)21-9-7-17-5-3-4-6-19(17)15-21/h8,10,16-19,21-22H,2-7,9,11-15H2,1H3,(H,26,28).